The van der Waals surface area contributed by atoms with Crippen LogP contribution >= 0.6 is 47.8 Å². The van der Waals surface area contributed by atoms with E-state index in [1.165, 1.54) is 12.1 Å². The van der Waals surface area contributed by atoms with Crippen molar-refractivity contribution in [3.63, 3.8) is 0 Å². The van der Waals surface area contributed by atoms with Gasteiger partial charge in [0, 0.05) is 21.4 Å². The van der Waals surface area contributed by atoms with Crippen molar-refractivity contribution in [2.45, 2.75) is 5.33 Å². The highest BCUT2D eigenvalue weighted by Crippen LogP contribution is 2.36. The molecule has 0 N–H and O–H groups in total. The SMILES string of the molecule is O=[N+]([O-])c1ccc(Br)c(Oc2cc(Br)ccc2CBr)c1. The third kappa shape index (κ3) is 3.59. The number of ether oxygens (including phenoxy) is 1. The number of nitro groups is 1. The molecule has 0 unspecified atom stereocenters. The van der Waals surface area contributed by atoms with E-state index in [9.17, 15) is 10.1 Å². The molecule has 0 amide bonds. The van der Waals surface area contributed by atoms with Crippen LogP contribution in [-0.4, -0.2) is 4.92 Å². The Hall–Kier alpha value is -0.920. The molecule has 2 aromatic carbocycles. The van der Waals surface area contributed by atoms with E-state index in [1.54, 1.807) is 6.07 Å². The Bertz CT molecular complexity index is 661. The molecule has 20 heavy (non-hydrogen) atoms. The lowest BCUT2D eigenvalue weighted by Crippen LogP contribution is -1.93. The monoisotopic (exact) mass is 463 g/mol. The maximum atomic E-state index is 10.8. The second-order valence-electron chi connectivity index (χ2n) is 3.86. The molecule has 0 bridgehead atoms. The van der Waals surface area contributed by atoms with Crippen molar-refractivity contribution in [2.75, 3.05) is 0 Å². The zero-order valence-corrected chi connectivity index (χ0v) is 14.7. The summed E-state index contributed by atoms with van der Waals surface area (Å²) in [6.45, 7) is 0. The first-order chi connectivity index (χ1) is 9.51. The minimum atomic E-state index is -0.453. The predicted molar refractivity (Wildman–Crippen MR) is 87.6 cm³/mol. The van der Waals surface area contributed by atoms with Crippen LogP contribution in [-0.2, 0) is 5.33 Å². The molecule has 7 heteroatoms. The molecule has 2 aromatic rings. The molecule has 104 valence electrons. The van der Waals surface area contributed by atoms with Gasteiger partial charge in [0.1, 0.15) is 11.5 Å². The Morgan fingerprint density at radius 1 is 1.10 bits per heavy atom. The minimum absolute atomic E-state index is 0.0152. The Labute approximate surface area is 140 Å². The van der Waals surface area contributed by atoms with E-state index in [-0.39, 0.29) is 5.69 Å². The molecule has 0 atom stereocenters. The van der Waals surface area contributed by atoms with Crippen LogP contribution in [0.2, 0.25) is 0 Å². The average Bonchev–Trinajstić information content (AvgIpc) is 2.41. The summed E-state index contributed by atoms with van der Waals surface area (Å²) in [4.78, 5) is 10.4. The van der Waals surface area contributed by atoms with Crippen LogP contribution in [0.15, 0.2) is 45.3 Å². The van der Waals surface area contributed by atoms with Gasteiger partial charge in [-0.2, -0.15) is 0 Å². The van der Waals surface area contributed by atoms with Crippen molar-refractivity contribution >= 4 is 53.5 Å². The summed E-state index contributed by atoms with van der Waals surface area (Å²) in [6.07, 6.45) is 0. The van der Waals surface area contributed by atoms with E-state index in [0.29, 0.717) is 21.3 Å². The number of nitro benzene ring substituents is 1. The molecule has 0 aliphatic heterocycles. The average molecular weight is 466 g/mol. The highest BCUT2D eigenvalue weighted by Gasteiger charge is 2.13. The van der Waals surface area contributed by atoms with Crippen LogP contribution in [0.25, 0.3) is 0 Å². The van der Waals surface area contributed by atoms with Gasteiger partial charge in [-0.1, -0.05) is 37.9 Å². The standard InChI is InChI=1S/C13H8Br3NO3/c14-7-8-1-2-9(15)5-12(8)20-13-6-10(17(18)19)3-4-11(13)16/h1-6H,7H2. The first kappa shape index (κ1) is 15.5. The van der Waals surface area contributed by atoms with Crippen molar-refractivity contribution in [3.05, 3.63) is 61.0 Å². The largest absolute Gasteiger partial charge is 0.456 e. The molecule has 0 aliphatic carbocycles. The molecule has 0 saturated heterocycles. The molecule has 2 rings (SSSR count). The highest BCUT2D eigenvalue weighted by molar-refractivity contribution is 9.10. The predicted octanol–water partition coefficient (Wildman–Crippen LogP) is 5.81. The quantitative estimate of drug-likeness (QED) is 0.325. The minimum Gasteiger partial charge on any atom is -0.456 e. The number of nitrogens with zero attached hydrogens (tertiary/aromatic N) is 1. The number of benzene rings is 2. The first-order valence-corrected chi connectivity index (χ1v) is 8.18. The Morgan fingerprint density at radius 2 is 1.85 bits per heavy atom. The van der Waals surface area contributed by atoms with Gasteiger partial charge >= 0.3 is 0 Å². The molecule has 0 aliphatic rings. The van der Waals surface area contributed by atoms with Crippen molar-refractivity contribution in [2.24, 2.45) is 0 Å². The summed E-state index contributed by atoms with van der Waals surface area (Å²) in [6, 6.07) is 10.1. The van der Waals surface area contributed by atoms with Crippen LogP contribution in [0.5, 0.6) is 11.5 Å². The second kappa shape index (κ2) is 6.69. The van der Waals surface area contributed by atoms with E-state index < -0.39 is 4.92 Å². The zero-order valence-electron chi connectivity index (χ0n) is 9.98. The normalized spacial score (nSPS) is 10.3. The second-order valence-corrected chi connectivity index (χ2v) is 6.19. The lowest BCUT2D eigenvalue weighted by atomic mass is 10.2. The Morgan fingerprint density at radius 3 is 2.50 bits per heavy atom. The van der Waals surface area contributed by atoms with Gasteiger partial charge in [-0.3, -0.25) is 10.1 Å². The van der Waals surface area contributed by atoms with Crippen LogP contribution in [0, 0.1) is 10.1 Å². The number of hydrogen-bond donors (Lipinski definition) is 0. The Balaban J connectivity index is 2.41. The van der Waals surface area contributed by atoms with Crippen LogP contribution in [0.3, 0.4) is 0 Å². The smallest absolute Gasteiger partial charge is 0.273 e. The molecule has 0 aromatic heterocycles. The summed E-state index contributed by atoms with van der Waals surface area (Å²) in [5, 5.41) is 11.4. The van der Waals surface area contributed by atoms with Crippen LogP contribution in [0.1, 0.15) is 5.56 Å². The van der Waals surface area contributed by atoms with E-state index in [2.05, 4.69) is 47.8 Å². The van der Waals surface area contributed by atoms with Crippen molar-refractivity contribution in [3.8, 4) is 11.5 Å². The van der Waals surface area contributed by atoms with Crippen LogP contribution in [0.4, 0.5) is 5.69 Å². The van der Waals surface area contributed by atoms with Crippen LogP contribution < -0.4 is 4.74 Å². The summed E-state index contributed by atoms with van der Waals surface area (Å²) in [7, 11) is 0. The van der Waals surface area contributed by atoms with E-state index in [0.717, 1.165) is 10.0 Å². The summed E-state index contributed by atoms with van der Waals surface area (Å²) in [5.41, 5.74) is 0.935. The third-order valence-corrected chi connectivity index (χ3v) is 4.27. The lowest BCUT2D eigenvalue weighted by Gasteiger charge is -2.11. The van der Waals surface area contributed by atoms with Gasteiger partial charge in [-0.15, -0.1) is 0 Å². The number of alkyl halides is 1. The number of halogens is 3. The molecule has 0 heterocycles. The fraction of sp³-hybridized carbons (Fsp3) is 0.0769. The lowest BCUT2D eigenvalue weighted by molar-refractivity contribution is -0.384. The van der Waals surface area contributed by atoms with Gasteiger partial charge in [0.2, 0.25) is 0 Å². The third-order valence-electron chi connectivity index (χ3n) is 2.52. The van der Waals surface area contributed by atoms with Crippen molar-refractivity contribution in [1.29, 1.82) is 0 Å². The summed E-state index contributed by atoms with van der Waals surface area (Å²) < 4.78 is 7.32. The molecular weight excluding hydrogens is 458 g/mol. The molecular formula is C13H8Br3NO3. The molecule has 0 fully saturated rings. The topological polar surface area (TPSA) is 52.4 Å². The van der Waals surface area contributed by atoms with Gasteiger partial charge in [-0.25, -0.2) is 0 Å². The maximum absolute atomic E-state index is 10.8. The molecule has 4 nitrogen and oxygen atoms in total. The molecule has 0 saturated carbocycles. The van der Waals surface area contributed by atoms with Gasteiger partial charge in [0.15, 0.2) is 0 Å². The number of non-ortho nitro benzene ring substituents is 1. The summed E-state index contributed by atoms with van der Waals surface area (Å²) in [5.74, 6) is 1.04. The number of rotatable bonds is 4. The number of hydrogen-bond acceptors (Lipinski definition) is 3. The van der Waals surface area contributed by atoms with E-state index >= 15 is 0 Å². The molecule has 0 radical (unpaired) electrons. The van der Waals surface area contributed by atoms with Gasteiger partial charge < -0.3 is 4.74 Å². The molecule has 0 spiro atoms. The van der Waals surface area contributed by atoms with E-state index in [1.807, 2.05) is 18.2 Å². The summed E-state index contributed by atoms with van der Waals surface area (Å²) >= 11 is 10.1. The van der Waals surface area contributed by atoms with Gasteiger partial charge in [-0.05, 0) is 34.1 Å². The fourth-order valence-corrected chi connectivity index (χ4v) is 2.67. The van der Waals surface area contributed by atoms with Crippen molar-refractivity contribution in [1.82, 2.24) is 0 Å². The fourth-order valence-electron chi connectivity index (χ4n) is 1.54. The van der Waals surface area contributed by atoms with Gasteiger partial charge in [0.05, 0.1) is 15.5 Å². The Kier molecular flexibility index (Phi) is 5.17. The zero-order chi connectivity index (χ0) is 14.7. The van der Waals surface area contributed by atoms with Crippen molar-refractivity contribution < 1.29 is 9.66 Å². The van der Waals surface area contributed by atoms with E-state index in [4.69, 9.17) is 4.74 Å². The highest BCUT2D eigenvalue weighted by atomic mass is 79.9. The maximum Gasteiger partial charge on any atom is 0.273 e. The first-order valence-electron chi connectivity index (χ1n) is 5.47. The van der Waals surface area contributed by atoms with Gasteiger partial charge in [0.25, 0.3) is 5.69 Å².